The van der Waals surface area contributed by atoms with Gasteiger partial charge in [0.25, 0.3) is 5.22 Å². The van der Waals surface area contributed by atoms with E-state index in [0.717, 1.165) is 50.3 Å². The maximum absolute atomic E-state index is 13.2. The van der Waals surface area contributed by atoms with Crippen LogP contribution in [0.3, 0.4) is 0 Å². The first kappa shape index (κ1) is 29.7. The number of nitrogens with one attached hydrogen (secondary N) is 1. The van der Waals surface area contributed by atoms with Crippen LogP contribution in [0.1, 0.15) is 45.4 Å². The van der Waals surface area contributed by atoms with Crippen LogP contribution in [0.25, 0.3) is 11.5 Å². The van der Waals surface area contributed by atoms with Gasteiger partial charge in [-0.2, -0.15) is 8.61 Å². The van der Waals surface area contributed by atoms with E-state index in [-0.39, 0.29) is 38.6 Å². The molecule has 3 heterocycles. The molecule has 2 saturated heterocycles. The van der Waals surface area contributed by atoms with Crippen LogP contribution in [0.4, 0.5) is 5.69 Å². The third kappa shape index (κ3) is 6.67. The highest BCUT2D eigenvalue weighted by Gasteiger charge is 2.32. The molecule has 3 aromatic rings. The summed E-state index contributed by atoms with van der Waals surface area (Å²) in [5.74, 6) is -0.0987. The number of benzene rings is 2. The summed E-state index contributed by atoms with van der Waals surface area (Å²) in [6, 6.07) is 12.5. The lowest BCUT2D eigenvalue weighted by molar-refractivity contribution is -0.113. The minimum absolute atomic E-state index is 0.000652. The molecule has 220 valence electrons. The van der Waals surface area contributed by atoms with E-state index in [9.17, 15) is 21.6 Å². The summed E-state index contributed by atoms with van der Waals surface area (Å²) in [6.45, 7) is 3.60. The number of amides is 1. The summed E-state index contributed by atoms with van der Waals surface area (Å²) in [6.07, 6.45) is 5.29. The van der Waals surface area contributed by atoms with Gasteiger partial charge < -0.3 is 9.73 Å². The number of anilines is 1. The third-order valence-corrected chi connectivity index (χ3v) is 12.0. The number of hydrogen-bond donors (Lipinski definition) is 1. The molecule has 1 N–H and O–H groups in total. The van der Waals surface area contributed by atoms with Crippen molar-refractivity contribution < 1.29 is 26.0 Å². The molecule has 0 bridgehead atoms. The average molecular weight is 620 g/mol. The molecule has 1 amide bonds. The van der Waals surface area contributed by atoms with Gasteiger partial charge in [0.15, 0.2) is 0 Å². The van der Waals surface area contributed by atoms with Crippen LogP contribution in [0.5, 0.6) is 0 Å². The van der Waals surface area contributed by atoms with Crippen LogP contribution in [0.15, 0.2) is 68.0 Å². The maximum Gasteiger partial charge on any atom is 0.277 e. The Morgan fingerprint density at radius 3 is 2.22 bits per heavy atom. The Kier molecular flexibility index (Phi) is 9.14. The molecule has 2 fully saturated rings. The lowest BCUT2D eigenvalue weighted by Crippen LogP contribution is -2.43. The predicted octanol–water partition coefficient (Wildman–Crippen LogP) is 4.21. The zero-order valence-corrected chi connectivity index (χ0v) is 25.2. The molecule has 1 aromatic heterocycles. The van der Waals surface area contributed by atoms with Crippen LogP contribution in [-0.2, 0) is 24.8 Å². The molecule has 0 saturated carbocycles. The average Bonchev–Trinajstić information content (AvgIpc) is 3.70. The van der Waals surface area contributed by atoms with Gasteiger partial charge in [-0.05, 0) is 80.6 Å². The number of carbonyl (C=O) groups is 1. The molecule has 2 aromatic carbocycles. The summed E-state index contributed by atoms with van der Waals surface area (Å²) in [4.78, 5) is 12.9. The fraction of sp³-hybridized carbons (Fsp3) is 0.444. The van der Waals surface area contributed by atoms with Crippen LogP contribution in [-0.4, -0.2) is 73.0 Å². The largest absolute Gasteiger partial charge is 0.411 e. The van der Waals surface area contributed by atoms with E-state index in [2.05, 4.69) is 15.5 Å². The van der Waals surface area contributed by atoms with E-state index in [4.69, 9.17) is 4.42 Å². The highest BCUT2D eigenvalue weighted by Crippen LogP contribution is 2.29. The lowest BCUT2D eigenvalue weighted by atomic mass is 10.0. The number of sulfonamides is 2. The van der Waals surface area contributed by atoms with Gasteiger partial charge in [-0.15, -0.1) is 10.2 Å². The fourth-order valence-electron chi connectivity index (χ4n) is 5.10. The Morgan fingerprint density at radius 2 is 1.54 bits per heavy atom. The van der Waals surface area contributed by atoms with Crippen molar-refractivity contribution in [1.82, 2.24) is 18.8 Å². The highest BCUT2D eigenvalue weighted by molar-refractivity contribution is 7.99. The second-order valence-corrected chi connectivity index (χ2v) is 14.8. The van der Waals surface area contributed by atoms with Crippen LogP contribution in [0, 0.1) is 0 Å². The molecule has 11 nitrogen and oxygen atoms in total. The molecule has 2 aliphatic heterocycles. The molecule has 14 heteroatoms. The van der Waals surface area contributed by atoms with E-state index in [1.54, 1.807) is 28.6 Å². The Bertz CT molecular complexity index is 1570. The smallest absolute Gasteiger partial charge is 0.277 e. The summed E-state index contributed by atoms with van der Waals surface area (Å²) in [5, 5.41) is 10.9. The van der Waals surface area contributed by atoms with Gasteiger partial charge in [-0.3, -0.25) is 4.79 Å². The summed E-state index contributed by atoms with van der Waals surface area (Å²) < 4.78 is 60.5. The van der Waals surface area contributed by atoms with E-state index < -0.39 is 20.0 Å². The van der Waals surface area contributed by atoms with E-state index in [0.29, 0.717) is 30.9 Å². The summed E-state index contributed by atoms with van der Waals surface area (Å²) in [5.41, 5.74) is 1.05. The number of thioether (sulfide) groups is 1. The fourth-order valence-corrected chi connectivity index (χ4v) is 8.95. The minimum Gasteiger partial charge on any atom is -0.411 e. The quantitative estimate of drug-likeness (QED) is 0.330. The lowest BCUT2D eigenvalue weighted by Gasteiger charge is -2.34. The zero-order valence-electron chi connectivity index (χ0n) is 22.7. The van der Waals surface area contributed by atoms with Crippen molar-refractivity contribution in [3.63, 3.8) is 0 Å². The van der Waals surface area contributed by atoms with Crippen molar-refractivity contribution >= 4 is 43.4 Å². The number of piperidine rings is 1. The van der Waals surface area contributed by atoms with Crippen LogP contribution >= 0.6 is 11.8 Å². The van der Waals surface area contributed by atoms with Gasteiger partial charge in [0, 0.05) is 36.9 Å². The molecule has 2 aliphatic rings. The second kappa shape index (κ2) is 12.6. The van der Waals surface area contributed by atoms with Crippen LogP contribution < -0.4 is 5.32 Å². The molecule has 0 spiro atoms. The van der Waals surface area contributed by atoms with Gasteiger partial charge in [-0.1, -0.05) is 25.1 Å². The molecule has 0 unspecified atom stereocenters. The first-order valence-electron chi connectivity index (χ1n) is 13.7. The van der Waals surface area contributed by atoms with Gasteiger partial charge in [0.1, 0.15) is 0 Å². The Hall–Kier alpha value is -2.78. The van der Waals surface area contributed by atoms with Crippen molar-refractivity contribution in [3.8, 4) is 11.5 Å². The number of hydrogen-bond acceptors (Lipinski definition) is 9. The minimum atomic E-state index is -3.59. The van der Waals surface area contributed by atoms with Gasteiger partial charge in [-0.25, -0.2) is 16.8 Å². The van der Waals surface area contributed by atoms with E-state index in [1.807, 2.05) is 6.92 Å². The van der Waals surface area contributed by atoms with Crippen molar-refractivity contribution in [1.29, 1.82) is 0 Å². The number of carbonyl (C=O) groups excluding carboxylic acids is 1. The first-order valence-corrected chi connectivity index (χ1v) is 17.5. The Morgan fingerprint density at radius 1 is 0.902 bits per heavy atom. The van der Waals surface area contributed by atoms with Crippen molar-refractivity contribution in [2.24, 2.45) is 0 Å². The Balaban J connectivity index is 1.15. The topological polar surface area (TPSA) is 143 Å². The third-order valence-electron chi connectivity index (χ3n) is 7.33. The normalized spacial score (nSPS) is 18.9. The number of nitrogens with zero attached hydrogens (tertiary/aromatic N) is 4. The monoisotopic (exact) mass is 619 g/mol. The van der Waals surface area contributed by atoms with Gasteiger partial charge in [0.2, 0.25) is 31.8 Å². The molecule has 41 heavy (non-hydrogen) atoms. The first-order chi connectivity index (χ1) is 19.7. The van der Waals surface area contributed by atoms with Gasteiger partial charge >= 0.3 is 0 Å². The van der Waals surface area contributed by atoms with E-state index in [1.165, 1.54) is 28.6 Å². The summed E-state index contributed by atoms with van der Waals surface area (Å²) >= 11 is 1.06. The molecular weight excluding hydrogens is 587 g/mol. The van der Waals surface area contributed by atoms with Crippen molar-refractivity contribution in [3.05, 3.63) is 48.5 Å². The standard InChI is InChI=1S/C27H33N5O6S3/c1-2-22-7-3-4-18-32(22)41(36,37)24-14-10-21(11-15-24)28-25(33)19-39-27-30-29-26(38-27)20-8-12-23(13-9-20)40(34,35)31-16-5-6-17-31/h8-15,22H,2-7,16-19H2,1H3,(H,28,33)/t22-/m1/s1. The molecular formula is C27H33N5O6S3. The number of rotatable bonds is 10. The number of aromatic nitrogens is 2. The SMILES string of the molecule is CC[C@@H]1CCCCN1S(=O)(=O)c1ccc(NC(=O)CSc2nnc(-c3ccc(S(=O)(=O)N4CCCC4)cc3)o2)cc1. The Labute approximate surface area is 244 Å². The van der Waals surface area contributed by atoms with Gasteiger partial charge in [0.05, 0.1) is 15.5 Å². The maximum atomic E-state index is 13.2. The molecule has 1 atom stereocenters. The highest BCUT2D eigenvalue weighted by atomic mass is 32.2. The van der Waals surface area contributed by atoms with Crippen molar-refractivity contribution in [2.45, 2.75) is 66.5 Å². The summed E-state index contributed by atoms with van der Waals surface area (Å²) in [7, 11) is -7.10. The zero-order chi connectivity index (χ0) is 29.0. The molecule has 5 rings (SSSR count). The molecule has 0 aliphatic carbocycles. The van der Waals surface area contributed by atoms with E-state index >= 15 is 0 Å². The molecule has 0 radical (unpaired) electrons. The van der Waals surface area contributed by atoms with Crippen molar-refractivity contribution in [2.75, 3.05) is 30.7 Å². The predicted molar refractivity (Wildman–Crippen MR) is 155 cm³/mol. The second-order valence-electron chi connectivity index (χ2n) is 10.0. The van der Waals surface area contributed by atoms with Crippen LogP contribution in [0.2, 0.25) is 0 Å².